The average molecular weight is 478 g/mol. The summed E-state index contributed by atoms with van der Waals surface area (Å²) in [5, 5.41) is 22.3. The van der Waals surface area contributed by atoms with Crippen molar-refractivity contribution in [3.8, 4) is 0 Å². The van der Waals surface area contributed by atoms with Crippen LogP contribution in [0.1, 0.15) is 53.5 Å². The molecule has 1 aromatic carbocycles. The summed E-state index contributed by atoms with van der Waals surface area (Å²) in [6.45, 7) is 12.9. The highest BCUT2D eigenvalue weighted by Crippen LogP contribution is 2.18. The molecular formula is C23H36N5O2PS. The van der Waals surface area contributed by atoms with Crippen molar-refractivity contribution < 1.29 is 9.90 Å². The van der Waals surface area contributed by atoms with Crippen LogP contribution in [0.5, 0.6) is 0 Å². The van der Waals surface area contributed by atoms with Gasteiger partial charge in [0, 0.05) is 16.6 Å². The van der Waals surface area contributed by atoms with Crippen LogP contribution in [0, 0.1) is 10.8 Å². The maximum atomic E-state index is 11.7. The van der Waals surface area contributed by atoms with Gasteiger partial charge < -0.3 is 22.3 Å². The summed E-state index contributed by atoms with van der Waals surface area (Å²) >= 11 is 1.35. The lowest BCUT2D eigenvalue weighted by Crippen LogP contribution is -2.30. The van der Waals surface area contributed by atoms with E-state index in [0.29, 0.717) is 27.7 Å². The second kappa shape index (κ2) is 13.7. The molecule has 1 unspecified atom stereocenters. The normalized spacial score (nSPS) is 11.9. The molecular weight excluding hydrogens is 441 g/mol. The highest BCUT2D eigenvalue weighted by atomic mass is 32.1. The van der Waals surface area contributed by atoms with Crippen molar-refractivity contribution in [1.82, 2.24) is 0 Å². The van der Waals surface area contributed by atoms with Crippen LogP contribution in [0.15, 0.2) is 51.4 Å². The molecule has 176 valence electrons. The molecule has 1 heterocycles. The van der Waals surface area contributed by atoms with Crippen molar-refractivity contribution in [2.24, 2.45) is 21.9 Å². The second-order valence-corrected chi connectivity index (χ2v) is 9.11. The van der Waals surface area contributed by atoms with E-state index in [1.807, 2.05) is 13.8 Å². The first-order chi connectivity index (χ1) is 14.9. The number of aliphatic hydroxyl groups excluding tert-OH is 1. The van der Waals surface area contributed by atoms with Crippen molar-refractivity contribution in [3.05, 3.63) is 51.9 Å². The summed E-state index contributed by atoms with van der Waals surface area (Å²) in [4.78, 5) is 15.8. The van der Waals surface area contributed by atoms with Crippen LogP contribution in [-0.2, 0) is 4.79 Å². The van der Waals surface area contributed by atoms with Gasteiger partial charge in [-0.2, -0.15) is 11.3 Å². The van der Waals surface area contributed by atoms with Crippen LogP contribution < -0.4 is 22.5 Å². The molecule has 0 aliphatic heterocycles. The number of nitrogens with zero attached hydrogens (tertiary/aromatic N) is 1. The number of anilines is 1. The standard InChI is InChI=1S/C15H16N5O2PS.C6H14.C2H6/c16-8-1-2-9(10(23)5-8)20-14(18)11(15(19)22)13(21)12(17)7-3-4-24-6-7;1-5-6(2,3)4;1-2/h1-6,17,21H,16,23H2,(H2,18,20)(H2,19,22);5H2,1-4H3;1-2H3/b13-11+,17-12?;;. The number of aliphatic imine (C=N–C) groups is 1. The van der Waals surface area contributed by atoms with E-state index >= 15 is 0 Å². The van der Waals surface area contributed by atoms with Gasteiger partial charge in [0.1, 0.15) is 17.1 Å². The Morgan fingerprint density at radius 1 is 1.22 bits per heavy atom. The lowest BCUT2D eigenvalue weighted by molar-refractivity contribution is -0.114. The van der Waals surface area contributed by atoms with Gasteiger partial charge in [-0.3, -0.25) is 10.2 Å². The SMILES string of the molecule is CC.CCC(C)(C)C.N=C(/C(O)=C(\C(N)=O)C(N)=Nc1ccc(N)cc1P)c1ccsc1. The summed E-state index contributed by atoms with van der Waals surface area (Å²) in [7, 11) is 2.45. The number of nitrogens with one attached hydrogen (secondary N) is 1. The minimum Gasteiger partial charge on any atom is -0.505 e. The van der Waals surface area contributed by atoms with E-state index in [1.54, 1.807) is 35.0 Å². The van der Waals surface area contributed by atoms with E-state index in [9.17, 15) is 9.90 Å². The van der Waals surface area contributed by atoms with Crippen LogP contribution in [0.3, 0.4) is 0 Å². The predicted molar refractivity (Wildman–Crippen MR) is 143 cm³/mol. The molecule has 1 aromatic heterocycles. The number of hydrogen-bond acceptors (Lipinski definition) is 6. The quantitative estimate of drug-likeness (QED) is 0.106. The lowest BCUT2D eigenvalue weighted by Gasteiger charge is -2.12. The van der Waals surface area contributed by atoms with Gasteiger partial charge >= 0.3 is 0 Å². The molecule has 0 radical (unpaired) electrons. The fourth-order valence-electron chi connectivity index (χ4n) is 1.89. The molecule has 0 aliphatic carbocycles. The van der Waals surface area contributed by atoms with Gasteiger partial charge in [-0.15, -0.1) is 9.24 Å². The zero-order valence-electron chi connectivity index (χ0n) is 19.7. The third-order valence-electron chi connectivity index (χ3n) is 4.14. The first-order valence-corrected chi connectivity index (χ1v) is 11.7. The molecule has 0 aliphatic rings. The Morgan fingerprint density at radius 2 is 1.78 bits per heavy atom. The summed E-state index contributed by atoms with van der Waals surface area (Å²) in [6.07, 6.45) is 1.27. The molecule has 7 nitrogen and oxygen atoms in total. The van der Waals surface area contributed by atoms with Gasteiger partial charge in [0.25, 0.3) is 5.91 Å². The van der Waals surface area contributed by atoms with Gasteiger partial charge in [0.2, 0.25) is 0 Å². The van der Waals surface area contributed by atoms with Crippen LogP contribution in [-0.4, -0.2) is 22.6 Å². The van der Waals surface area contributed by atoms with Crippen LogP contribution >= 0.6 is 20.6 Å². The zero-order chi connectivity index (χ0) is 25.1. The number of thiophene rings is 1. The van der Waals surface area contributed by atoms with Gasteiger partial charge in [-0.25, -0.2) is 4.99 Å². The van der Waals surface area contributed by atoms with E-state index in [4.69, 9.17) is 22.6 Å². The maximum Gasteiger partial charge on any atom is 0.256 e. The number of aliphatic hydroxyl groups is 1. The van der Waals surface area contributed by atoms with Crippen molar-refractivity contribution in [2.75, 3.05) is 5.73 Å². The maximum absolute atomic E-state index is 11.7. The Bertz CT molecular complexity index is 961. The number of amidine groups is 1. The minimum atomic E-state index is -0.977. The first kappa shape index (κ1) is 29.3. The van der Waals surface area contributed by atoms with E-state index < -0.39 is 17.2 Å². The fraction of sp³-hybridized carbons (Fsp3) is 0.348. The molecule has 0 fully saturated rings. The van der Waals surface area contributed by atoms with Gasteiger partial charge in [-0.1, -0.05) is 48.0 Å². The lowest BCUT2D eigenvalue weighted by atomic mass is 9.94. The molecule has 0 saturated carbocycles. The number of nitrogen functional groups attached to an aromatic ring is 1. The molecule has 2 aromatic rings. The predicted octanol–water partition coefficient (Wildman–Crippen LogP) is 4.65. The Kier molecular flexibility index (Phi) is 12.5. The number of primary amides is 1. The van der Waals surface area contributed by atoms with E-state index in [1.165, 1.54) is 17.8 Å². The number of benzene rings is 1. The van der Waals surface area contributed by atoms with Crippen molar-refractivity contribution in [2.45, 2.75) is 48.0 Å². The van der Waals surface area contributed by atoms with Crippen molar-refractivity contribution in [1.29, 1.82) is 5.41 Å². The number of allylic oxidation sites excluding steroid dienone is 1. The molecule has 0 saturated heterocycles. The summed E-state index contributed by atoms with van der Waals surface area (Å²) in [6, 6.07) is 6.54. The number of carbonyl (C=O) groups excluding carboxylic acids is 1. The summed E-state index contributed by atoms with van der Waals surface area (Å²) in [5.74, 6) is -1.88. The first-order valence-electron chi connectivity index (χ1n) is 10.2. The van der Waals surface area contributed by atoms with E-state index in [0.717, 1.165) is 0 Å². The van der Waals surface area contributed by atoms with Gasteiger partial charge in [-0.05, 0) is 40.4 Å². The third kappa shape index (κ3) is 9.62. The Labute approximate surface area is 197 Å². The monoisotopic (exact) mass is 477 g/mol. The molecule has 2 rings (SSSR count). The van der Waals surface area contributed by atoms with Crippen LogP contribution in [0.25, 0.3) is 0 Å². The number of amides is 1. The second-order valence-electron chi connectivity index (χ2n) is 7.70. The summed E-state index contributed by atoms with van der Waals surface area (Å²) in [5.41, 5.74) is 18.1. The minimum absolute atomic E-state index is 0.258. The molecule has 1 atom stereocenters. The number of rotatable bonds is 5. The van der Waals surface area contributed by atoms with E-state index in [2.05, 4.69) is 41.9 Å². The molecule has 9 heteroatoms. The molecule has 0 spiro atoms. The Balaban J connectivity index is 0.00000104. The largest absolute Gasteiger partial charge is 0.505 e. The Hall–Kier alpha value is -2.70. The van der Waals surface area contributed by atoms with Gasteiger partial charge in [0.15, 0.2) is 5.76 Å². The van der Waals surface area contributed by atoms with E-state index in [-0.39, 0.29) is 11.5 Å². The fourth-order valence-corrected chi connectivity index (χ4v) is 2.89. The van der Waals surface area contributed by atoms with Crippen molar-refractivity contribution in [3.63, 3.8) is 0 Å². The third-order valence-corrected chi connectivity index (χ3v) is 5.28. The molecule has 1 amide bonds. The van der Waals surface area contributed by atoms with Gasteiger partial charge in [0.05, 0.1) is 5.69 Å². The highest BCUT2D eigenvalue weighted by Gasteiger charge is 2.21. The Morgan fingerprint density at radius 3 is 2.19 bits per heavy atom. The topological polar surface area (TPSA) is 152 Å². The number of hydrogen-bond donors (Lipinski definition) is 5. The van der Waals surface area contributed by atoms with Crippen LogP contribution in [0.2, 0.25) is 0 Å². The highest BCUT2D eigenvalue weighted by molar-refractivity contribution is 7.28. The molecule has 8 N–H and O–H groups in total. The zero-order valence-corrected chi connectivity index (χ0v) is 21.7. The summed E-state index contributed by atoms with van der Waals surface area (Å²) < 4.78 is 0. The average Bonchev–Trinajstić information content (AvgIpc) is 3.25. The molecule has 32 heavy (non-hydrogen) atoms. The number of carbonyl (C=O) groups is 1. The number of nitrogens with two attached hydrogens (primary N) is 3. The smallest absolute Gasteiger partial charge is 0.256 e. The molecule has 0 bridgehead atoms. The van der Waals surface area contributed by atoms with Crippen molar-refractivity contribution >= 4 is 54.7 Å². The van der Waals surface area contributed by atoms with Crippen LogP contribution in [0.4, 0.5) is 11.4 Å².